The minimum atomic E-state index is -0.0914. The summed E-state index contributed by atoms with van der Waals surface area (Å²) in [6, 6.07) is 17.8. The summed E-state index contributed by atoms with van der Waals surface area (Å²) in [5, 5.41) is 5.72. The zero-order valence-electron chi connectivity index (χ0n) is 14.5. The van der Waals surface area contributed by atoms with E-state index in [1.165, 1.54) is 22.9 Å². The second-order valence-corrected chi connectivity index (χ2v) is 6.66. The molecule has 2 rings (SSSR count). The van der Waals surface area contributed by atoms with E-state index >= 15 is 0 Å². The third kappa shape index (κ3) is 7.44. The fourth-order valence-corrected chi connectivity index (χ4v) is 2.95. The number of benzene rings is 2. The highest BCUT2D eigenvalue weighted by molar-refractivity contribution is 8.00. The van der Waals surface area contributed by atoms with Gasteiger partial charge in [-0.15, -0.1) is 11.8 Å². The molecule has 0 saturated heterocycles. The molecule has 5 heteroatoms. The van der Waals surface area contributed by atoms with Crippen molar-refractivity contribution in [2.75, 3.05) is 23.4 Å². The molecule has 0 heterocycles. The van der Waals surface area contributed by atoms with Crippen molar-refractivity contribution in [3.05, 3.63) is 65.7 Å². The Hall–Kier alpha value is -2.27. The van der Waals surface area contributed by atoms with Crippen molar-refractivity contribution in [3.8, 4) is 0 Å². The number of amides is 2. The molecule has 0 aliphatic heterocycles. The summed E-state index contributed by atoms with van der Waals surface area (Å²) in [4.78, 5) is 23.7. The summed E-state index contributed by atoms with van der Waals surface area (Å²) in [5.74, 6) is 0.422. The Kier molecular flexibility index (Phi) is 8.05. The van der Waals surface area contributed by atoms with Gasteiger partial charge in [-0.1, -0.05) is 49.4 Å². The second kappa shape index (κ2) is 10.6. The van der Waals surface area contributed by atoms with Gasteiger partial charge in [0.15, 0.2) is 0 Å². The third-order valence-electron chi connectivity index (χ3n) is 3.69. The van der Waals surface area contributed by atoms with Gasteiger partial charge in [-0.2, -0.15) is 0 Å². The van der Waals surface area contributed by atoms with Crippen LogP contribution in [-0.2, 0) is 22.4 Å². The maximum Gasteiger partial charge on any atom is 0.234 e. The topological polar surface area (TPSA) is 58.2 Å². The van der Waals surface area contributed by atoms with Gasteiger partial charge in [-0.25, -0.2) is 0 Å². The molecule has 0 spiro atoms. The molecule has 0 saturated carbocycles. The maximum absolute atomic E-state index is 11.9. The summed E-state index contributed by atoms with van der Waals surface area (Å²) >= 11 is 1.32. The van der Waals surface area contributed by atoms with Crippen molar-refractivity contribution in [3.63, 3.8) is 0 Å². The molecule has 25 heavy (non-hydrogen) atoms. The van der Waals surface area contributed by atoms with Crippen LogP contribution in [0.2, 0.25) is 0 Å². The minimum absolute atomic E-state index is 0.0407. The Morgan fingerprint density at radius 2 is 1.56 bits per heavy atom. The summed E-state index contributed by atoms with van der Waals surface area (Å²) in [6.45, 7) is 2.70. The second-order valence-electron chi connectivity index (χ2n) is 5.68. The lowest BCUT2D eigenvalue weighted by atomic mass is 10.1. The molecule has 0 atom stereocenters. The number of anilines is 1. The maximum atomic E-state index is 11.9. The first-order valence-corrected chi connectivity index (χ1v) is 9.60. The van der Waals surface area contributed by atoms with Crippen LogP contribution >= 0.6 is 11.8 Å². The van der Waals surface area contributed by atoms with Crippen molar-refractivity contribution >= 4 is 29.3 Å². The average molecular weight is 356 g/mol. The minimum Gasteiger partial charge on any atom is -0.355 e. The van der Waals surface area contributed by atoms with E-state index in [1.54, 1.807) is 0 Å². The number of thioether (sulfide) groups is 1. The Morgan fingerprint density at radius 3 is 2.24 bits per heavy atom. The summed E-state index contributed by atoms with van der Waals surface area (Å²) in [7, 11) is 0. The van der Waals surface area contributed by atoms with Gasteiger partial charge in [0.25, 0.3) is 0 Å². The largest absolute Gasteiger partial charge is 0.355 e. The van der Waals surface area contributed by atoms with Gasteiger partial charge < -0.3 is 10.6 Å². The highest BCUT2D eigenvalue weighted by Gasteiger charge is 2.06. The van der Waals surface area contributed by atoms with Crippen LogP contribution in [0.1, 0.15) is 18.1 Å². The van der Waals surface area contributed by atoms with Crippen LogP contribution in [-0.4, -0.2) is 29.9 Å². The fraction of sp³-hybridized carbons (Fsp3) is 0.300. The Labute approximate surface area is 153 Å². The van der Waals surface area contributed by atoms with E-state index in [1.807, 2.05) is 54.6 Å². The molecular weight excluding hydrogens is 332 g/mol. The predicted molar refractivity (Wildman–Crippen MR) is 105 cm³/mol. The molecule has 0 fully saturated rings. The van der Waals surface area contributed by atoms with Crippen LogP contribution in [0.3, 0.4) is 0 Å². The lowest BCUT2D eigenvalue weighted by Gasteiger charge is -2.07. The van der Waals surface area contributed by atoms with Crippen molar-refractivity contribution in [2.45, 2.75) is 19.8 Å². The number of rotatable bonds is 9. The van der Waals surface area contributed by atoms with Gasteiger partial charge >= 0.3 is 0 Å². The first kappa shape index (κ1) is 19.1. The molecule has 0 aliphatic rings. The van der Waals surface area contributed by atoms with Crippen molar-refractivity contribution in [1.29, 1.82) is 0 Å². The molecule has 2 amide bonds. The summed E-state index contributed by atoms with van der Waals surface area (Å²) in [6.07, 6.45) is 1.79. The van der Waals surface area contributed by atoms with Crippen molar-refractivity contribution < 1.29 is 9.59 Å². The lowest BCUT2D eigenvalue weighted by Crippen LogP contribution is -2.28. The predicted octanol–water partition coefficient (Wildman–Crippen LogP) is 3.28. The number of hydrogen-bond acceptors (Lipinski definition) is 3. The van der Waals surface area contributed by atoms with E-state index in [0.29, 0.717) is 6.54 Å². The molecule has 2 N–H and O–H groups in total. The molecule has 2 aromatic rings. The molecule has 0 unspecified atom stereocenters. The van der Waals surface area contributed by atoms with E-state index in [-0.39, 0.29) is 23.3 Å². The molecule has 132 valence electrons. The van der Waals surface area contributed by atoms with Gasteiger partial charge in [-0.3, -0.25) is 9.59 Å². The molecule has 2 aromatic carbocycles. The van der Waals surface area contributed by atoms with E-state index < -0.39 is 0 Å². The van der Waals surface area contributed by atoms with E-state index in [4.69, 9.17) is 0 Å². The number of aryl methyl sites for hydroxylation is 1. The lowest BCUT2D eigenvalue weighted by molar-refractivity contribution is -0.118. The Bertz CT molecular complexity index is 672. The number of nitrogens with one attached hydrogen (secondary N) is 2. The summed E-state index contributed by atoms with van der Waals surface area (Å²) < 4.78 is 0. The number of carbonyl (C=O) groups is 2. The zero-order valence-corrected chi connectivity index (χ0v) is 15.3. The van der Waals surface area contributed by atoms with Gasteiger partial charge in [0.2, 0.25) is 11.8 Å². The SMILES string of the molecule is CCc1ccc(NC(=O)CSCC(=O)NCCc2ccccc2)cc1. The monoisotopic (exact) mass is 356 g/mol. The highest BCUT2D eigenvalue weighted by atomic mass is 32.2. The van der Waals surface area contributed by atoms with Crippen LogP contribution in [0, 0.1) is 0 Å². The molecule has 0 radical (unpaired) electrons. The van der Waals surface area contributed by atoms with Gasteiger partial charge in [-0.05, 0) is 36.1 Å². The van der Waals surface area contributed by atoms with Gasteiger partial charge in [0.05, 0.1) is 11.5 Å². The fourth-order valence-electron chi connectivity index (χ4n) is 2.30. The van der Waals surface area contributed by atoms with Crippen LogP contribution in [0.5, 0.6) is 0 Å². The van der Waals surface area contributed by atoms with Crippen molar-refractivity contribution in [2.24, 2.45) is 0 Å². The number of carbonyl (C=O) groups excluding carboxylic acids is 2. The average Bonchev–Trinajstić information content (AvgIpc) is 2.63. The Balaban J connectivity index is 1.59. The first-order chi connectivity index (χ1) is 12.2. The Morgan fingerprint density at radius 1 is 0.880 bits per heavy atom. The molecule has 0 aliphatic carbocycles. The van der Waals surface area contributed by atoms with Crippen LogP contribution in [0.25, 0.3) is 0 Å². The van der Waals surface area contributed by atoms with Crippen LogP contribution in [0.15, 0.2) is 54.6 Å². The standard InChI is InChI=1S/C20H24N2O2S/c1-2-16-8-10-18(11-9-16)22-20(24)15-25-14-19(23)21-13-12-17-6-4-3-5-7-17/h3-11H,2,12-15H2,1H3,(H,21,23)(H,22,24). The van der Waals surface area contributed by atoms with E-state index in [0.717, 1.165) is 18.5 Å². The highest BCUT2D eigenvalue weighted by Crippen LogP contribution is 2.11. The third-order valence-corrected chi connectivity index (χ3v) is 4.62. The molecule has 0 bridgehead atoms. The van der Waals surface area contributed by atoms with Gasteiger partial charge in [0, 0.05) is 12.2 Å². The first-order valence-electron chi connectivity index (χ1n) is 8.44. The van der Waals surface area contributed by atoms with Crippen LogP contribution in [0.4, 0.5) is 5.69 Å². The van der Waals surface area contributed by atoms with Crippen molar-refractivity contribution in [1.82, 2.24) is 5.32 Å². The molecule has 0 aromatic heterocycles. The van der Waals surface area contributed by atoms with Gasteiger partial charge in [0.1, 0.15) is 0 Å². The number of hydrogen-bond donors (Lipinski definition) is 2. The van der Waals surface area contributed by atoms with E-state index in [2.05, 4.69) is 17.6 Å². The molecular formula is C20H24N2O2S. The summed E-state index contributed by atoms with van der Waals surface area (Å²) in [5.41, 5.74) is 3.22. The molecule has 4 nitrogen and oxygen atoms in total. The van der Waals surface area contributed by atoms with E-state index in [9.17, 15) is 9.59 Å². The quantitative estimate of drug-likeness (QED) is 0.725. The normalized spacial score (nSPS) is 10.3. The van der Waals surface area contributed by atoms with Crippen LogP contribution < -0.4 is 10.6 Å². The smallest absolute Gasteiger partial charge is 0.234 e. The zero-order chi connectivity index (χ0) is 17.9.